The van der Waals surface area contributed by atoms with E-state index >= 15 is 0 Å². The van der Waals surface area contributed by atoms with Crippen molar-refractivity contribution in [1.82, 2.24) is 10.9 Å². The molecule has 132 valence electrons. The quantitative estimate of drug-likeness (QED) is 0.691. The smallest absolute Gasteiger partial charge is 0.305 e. The summed E-state index contributed by atoms with van der Waals surface area (Å²) in [5, 5.41) is 0.851. The SMILES string of the molecule is Cc1c(C(=O)NNC(=O)[C@@H]2COc3ccccc3O2)oc2ccccc12. The second kappa shape index (κ2) is 6.44. The largest absolute Gasteiger partial charge is 0.485 e. The van der Waals surface area contributed by atoms with Crippen molar-refractivity contribution in [2.75, 3.05) is 6.61 Å². The van der Waals surface area contributed by atoms with Crippen LogP contribution in [0.25, 0.3) is 11.0 Å². The minimum absolute atomic E-state index is 0.0579. The van der Waals surface area contributed by atoms with Crippen LogP contribution in [0, 0.1) is 6.92 Å². The van der Waals surface area contributed by atoms with Crippen molar-refractivity contribution in [3.05, 3.63) is 59.9 Å². The molecular weight excluding hydrogens is 336 g/mol. The van der Waals surface area contributed by atoms with Crippen LogP contribution < -0.4 is 20.3 Å². The van der Waals surface area contributed by atoms with Crippen LogP contribution in [0.5, 0.6) is 11.5 Å². The van der Waals surface area contributed by atoms with Crippen molar-refractivity contribution in [2.45, 2.75) is 13.0 Å². The van der Waals surface area contributed by atoms with E-state index in [-0.39, 0.29) is 12.4 Å². The number of hydrazine groups is 1. The van der Waals surface area contributed by atoms with Gasteiger partial charge in [-0.1, -0.05) is 30.3 Å². The zero-order valence-electron chi connectivity index (χ0n) is 13.9. The summed E-state index contributed by atoms with van der Waals surface area (Å²) >= 11 is 0. The minimum atomic E-state index is -0.859. The van der Waals surface area contributed by atoms with Crippen LogP contribution in [0.15, 0.2) is 52.9 Å². The summed E-state index contributed by atoms with van der Waals surface area (Å²) in [6.07, 6.45) is -0.859. The highest BCUT2D eigenvalue weighted by molar-refractivity contribution is 5.99. The van der Waals surface area contributed by atoms with Crippen LogP contribution in [-0.4, -0.2) is 24.5 Å². The average Bonchev–Trinajstić information content (AvgIpc) is 3.02. The number of carbonyl (C=O) groups excluding carboxylic acids is 2. The molecule has 7 nitrogen and oxygen atoms in total. The number of carbonyl (C=O) groups is 2. The molecule has 3 aromatic rings. The number of amides is 2. The fraction of sp³-hybridized carbons (Fsp3) is 0.158. The van der Waals surface area contributed by atoms with Gasteiger partial charge >= 0.3 is 5.91 Å². The van der Waals surface area contributed by atoms with E-state index in [0.717, 1.165) is 5.39 Å². The van der Waals surface area contributed by atoms with Crippen molar-refractivity contribution in [2.24, 2.45) is 0 Å². The first-order chi connectivity index (χ1) is 12.6. The molecule has 2 aromatic carbocycles. The summed E-state index contributed by atoms with van der Waals surface area (Å²) in [5.41, 5.74) is 6.02. The fourth-order valence-electron chi connectivity index (χ4n) is 2.80. The topological polar surface area (TPSA) is 89.8 Å². The third kappa shape index (κ3) is 2.83. The van der Waals surface area contributed by atoms with Gasteiger partial charge < -0.3 is 13.9 Å². The number of hydrogen-bond acceptors (Lipinski definition) is 5. The van der Waals surface area contributed by atoms with E-state index in [4.69, 9.17) is 13.9 Å². The number of rotatable bonds is 2. The summed E-state index contributed by atoms with van der Waals surface area (Å²) < 4.78 is 16.6. The zero-order valence-corrected chi connectivity index (χ0v) is 13.9. The lowest BCUT2D eigenvalue weighted by Crippen LogP contribution is -2.50. The van der Waals surface area contributed by atoms with Gasteiger partial charge in [-0.25, -0.2) is 0 Å². The monoisotopic (exact) mass is 352 g/mol. The number of ether oxygens (including phenoxy) is 2. The molecule has 2 N–H and O–H groups in total. The molecule has 0 saturated carbocycles. The molecule has 7 heteroatoms. The van der Waals surface area contributed by atoms with Gasteiger partial charge in [0.2, 0.25) is 6.10 Å². The van der Waals surface area contributed by atoms with Crippen molar-refractivity contribution in [1.29, 1.82) is 0 Å². The van der Waals surface area contributed by atoms with E-state index in [1.807, 2.05) is 24.3 Å². The molecule has 0 spiro atoms. The van der Waals surface area contributed by atoms with Crippen LogP contribution >= 0.6 is 0 Å². The van der Waals surface area contributed by atoms with Crippen molar-refractivity contribution >= 4 is 22.8 Å². The van der Waals surface area contributed by atoms with Gasteiger partial charge in [-0.2, -0.15) is 0 Å². The molecule has 0 bridgehead atoms. The van der Waals surface area contributed by atoms with E-state index in [9.17, 15) is 9.59 Å². The van der Waals surface area contributed by atoms with Crippen molar-refractivity contribution in [3.8, 4) is 11.5 Å². The number of para-hydroxylation sites is 3. The molecule has 4 rings (SSSR count). The molecule has 1 atom stereocenters. The molecule has 0 aliphatic carbocycles. The Morgan fingerprint density at radius 2 is 1.73 bits per heavy atom. The Kier molecular flexibility index (Phi) is 3.96. The second-order valence-corrected chi connectivity index (χ2v) is 5.86. The summed E-state index contributed by atoms with van der Waals surface area (Å²) in [5.74, 6) is 0.167. The van der Waals surface area contributed by atoms with Gasteiger partial charge in [0, 0.05) is 10.9 Å². The molecule has 0 fully saturated rings. The fourth-order valence-corrected chi connectivity index (χ4v) is 2.80. The third-order valence-electron chi connectivity index (χ3n) is 4.15. The van der Waals surface area contributed by atoms with Crippen LogP contribution in [0.2, 0.25) is 0 Å². The standard InChI is InChI=1S/C19H16N2O5/c1-11-12-6-2-3-7-13(12)26-17(11)19(23)21-20-18(22)16-10-24-14-8-4-5-9-15(14)25-16/h2-9,16H,10H2,1H3,(H,20,22)(H,21,23)/t16-/m0/s1. The number of aryl methyl sites for hydroxylation is 1. The third-order valence-corrected chi connectivity index (χ3v) is 4.15. The van der Waals surface area contributed by atoms with Crippen LogP contribution in [-0.2, 0) is 4.79 Å². The number of benzene rings is 2. The predicted octanol–water partition coefficient (Wildman–Crippen LogP) is 2.34. The maximum absolute atomic E-state index is 12.3. The van der Waals surface area contributed by atoms with Gasteiger partial charge in [0.25, 0.3) is 5.91 Å². The Balaban J connectivity index is 1.41. The Labute approximate surface area is 148 Å². The van der Waals surface area contributed by atoms with Crippen LogP contribution in [0.3, 0.4) is 0 Å². The predicted molar refractivity (Wildman–Crippen MR) is 92.9 cm³/mol. The Morgan fingerprint density at radius 1 is 1.00 bits per heavy atom. The highest BCUT2D eigenvalue weighted by atomic mass is 16.6. The summed E-state index contributed by atoms with van der Waals surface area (Å²) in [4.78, 5) is 24.6. The molecule has 0 unspecified atom stereocenters. The first-order valence-electron chi connectivity index (χ1n) is 8.10. The van der Waals surface area contributed by atoms with E-state index in [2.05, 4.69) is 10.9 Å². The van der Waals surface area contributed by atoms with Gasteiger partial charge in [0.05, 0.1) is 0 Å². The summed E-state index contributed by atoms with van der Waals surface area (Å²) in [7, 11) is 0. The van der Waals surface area contributed by atoms with E-state index < -0.39 is 17.9 Å². The Bertz CT molecular complexity index is 995. The molecule has 0 radical (unpaired) electrons. The maximum Gasteiger partial charge on any atom is 0.305 e. The molecule has 26 heavy (non-hydrogen) atoms. The van der Waals surface area contributed by atoms with Gasteiger partial charge in [0.1, 0.15) is 12.2 Å². The average molecular weight is 352 g/mol. The van der Waals surface area contributed by atoms with Crippen LogP contribution in [0.1, 0.15) is 16.1 Å². The van der Waals surface area contributed by atoms with E-state index in [1.165, 1.54) is 0 Å². The lowest BCUT2D eigenvalue weighted by atomic mass is 10.1. The van der Waals surface area contributed by atoms with Crippen LogP contribution in [0.4, 0.5) is 0 Å². The summed E-state index contributed by atoms with van der Waals surface area (Å²) in [6, 6.07) is 14.4. The number of nitrogens with one attached hydrogen (secondary N) is 2. The minimum Gasteiger partial charge on any atom is -0.485 e. The van der Waals surface area contributed by atoms with Gasteiger partial charge in [-0.3, -0.25) is 20.4 Å². The first-order valence-corrected chi connectivity index (χ1v) is 8.10. The number of hydrogen-bond donors (Lipinski definition) is 2. The molecule has 2 amide bonds. The van der Waals surface area contributed by atoms with Gasteiger partial charge in [-0.05, 0) is 25.1 Å². The van der Waals surface area contributed by atoms with Crippen molar-refractivity contribution < 1.29 is 23.5 Å². The zero-order chi connectivity index (χ0) is 18.1. The molecular formula is C19H16N2O5. The van der Waals surface area contributed by atoms with Gasteiger partial charge in [-0.15, -0.1) is 0 Å². The van der Waals surface area contributed by atoms with Gasteiger partial charge in [0.15, 0.2) is 17.3 Å². The highest BCUT2D eigenvalue weighted by Gasteiger charge is 2.28. The Morgan fingerprint density at radius 3 is 2.54 bits per heavy atom. The molecule has 1 aliphatic heterocycles. The number of furan rings is 1. The number of fused-ring (bicyclic) bond motifs is 2. The molecule has 0 saturated heterocycles. The first kappa shape index (κ1) is 16.0. The maximum atomic E-state index is 12.3. The van der Waals surface area contributed by atoms with Crippen molar-refractivity contribution in [3.63, 3.8) is 0 Å². The molecule has 1 aliphatic rings. The molecule has 2 heterocycles. The molecule has 1 aromatic heterocycles. The van der Waals surface area contributed by atoms with E-state index in [1.54, 1.807) is 31.2 Å². The lowest BCUT2D eigenvalue weighted by Gasteiger charge is -2.25. The lowest BCUT2D eigenvalue weighted by molar-refractivity contribution is -0.131. The van der Waals surface area contributed by atoms with E-state index in [0.29, 0.717) is 22.6 Å². The normalized spacial score (nSPS) is 15.5. The second-order valence-electron chi connectivity index (χ2n) is 5.86. The Hall–Kier alpha value is -3.48. The highest BCUT2D eigenvalue weighted by Crippen LogP contribution is 2.30. The summed E-state index contributed by atoms with van der Waals surface area (Å²) in [6.45, 7) is 1.85.